The summed E-state index contributed by atoms with van der Waals surface area (Å²) in [5, 5.41) is 3.28. The molecule has 0 bridgehead atoms. The van der Waals surface area contributed by atoms with Gasteiger partial charge in [0.15, 0.2) is 0 Å². The Kier molecular flexibility index (Phi) is 6.03. The molecule has 2 heterocycles. The number of nitrogens with one attached hydrogen (secondary N) is 1. The van der Waals surface area contributed by atoms with Crippen LogP contribution in [0.2, 0.25) is 0 Å². The van der Waals surface area contributed by atoms with E-state index >= 15 is 0 Å². The van der Waals surface area contributed by atoms with Crippen molar-refractivity contribution in [3.63, 3.8) is 0 Å². The molecule has 120 valence electrons. The van der Waals surface area contributed by atoms with E-state index in [1.165, 1.54) is 0 Å². The van der Waals surface area contributed by atoms with Crippen LogP contribution >= 0.6 is 0 Å². The molecule has 2 fully saturated rings. The van der Waals surface area contributed by atoms with Gasteiger partial charge >= 0.3 is 0 Å². The monoisotopic (exact) mass is 295 g/mol. The first kappa shape index (κ1) is 16.3. The molecule has 0 radical (unpaired) electrons. The van der Waals surface area contributed by atoms with Gasteiger partial charge in [0.1, 0.15) is 6.04 Å². The van der Waals surface area contributed by atoms with Gasteiger partial charge in [-0.1, -0.05) is 6.92 Å². The summed E-state index contributed by atoms with van der Waals surface area (Å²) >= 11 is 0. The molecular formula is C16H29N3O2. The predicted molar refractivity (Wildman–Crippen MR) is 82.9 cm³/mol. The molecule has 0 aromatic heterocycles. The van der Waals surface area contributed by atoms with Gasteiger partial charge in [-0.2, -0.15) is 0 Å². The zero-order chi connectivity index (χ0) is 15.2. The normalized spacial score (nSPS) is 24.2. The van der Waals surface area contributed by atoms with Crippen LogP contribution in [0.25, 0.3) is 0 Å². The number of likely N-dealkylation sites (tertiary alicyclic amines) is 2. The molecule has 0 aromatic carbocycles. The van der Waals surface area contributed by atoms with Crippen molar-refractivity contribution in [2.45, 2.75) is 64.0 Å². The lowest BCUT2D eigenvalue weighted by molar-refractivity contribution is -0.148. The number of amides is 2. The fraction of sp³-hybridized carbons (Fsp3) is 0.875. The van der Waals surface area contributed by atoms with E-state index in [0.717, 1.165) is 58.2 Å². The topological polar surface area (TPSA) is 52.7 Å². The highest BCUT2D eigenvalue weighted by Crippen LogP contribution is 2.22. The molecule has 5 nitrogen and oxygen atoms in total. The number of carbonyl (C=O) groups is 2. The molecule has 2 aliphatic rings. The second-order valence-corrected chi connectivity index (χ2v) is 6.24. The molecule has 0 aliphatic carbocycles. The maximum atomic E-state index is 12.8. The van der Waals surface area contributed by atoms with E-state index < -0.39 is 0 Å². The summed E-state index contributed by atoms with van der Waals surface area (Å²) in [6, 6.07) is 0.321. The van der Waals surface area contributed by atoms with Crippen molar-refractivity contribution in [2.24, 2.45) is 0 Å². The van der Waals surface area contributed by atoms with Crippen molar-refractivity contribution in [1.82, 2.24) is 15.1 Å². The number of nitrogens with zero attached hydrogens (tertiary/aromatic N) is 2. The van der Waals surface area contributed by atoms with E-state index in [1.807, 2.05) is 23.8 Å². The van der Waals surface area contributed by atoms with E-state index in [1.54, 1.807) is 0 Å². The Morgan fingerprint density at radius 2 is 1.81 bits per heavy atom. The quantitative estimate of drug-likeness (QED) is 0.852. The van der Waals surface area contributed by atoms with Crippen LogP contribution in [0.5, 0.6) is 0 Å². The summed E-state index contributed by atoms with van der Waals surface area (Å²) in [6.07, 6.45) is 6.35. The van der Waals surface area contributed by atoms with E-state index in [4.69, 9.17) is 0 Å². The number of piperidine rings is 2. The molecule has 5 heteroatoms. The van der Waals surface area contributed by atoms with Gasteiger partial charge in [-0.25, -0.2) is 0 Å². The van der Waals surface area contributed by atoms with Crippen molar-refractivity contribution in [3.05, 3.63) is 0 Å². The Morgan fingerprint density at radius 1 is 1.10 bits per heavy atom. The smallest absolute Gasteiger partial charge is 0.245 e. The molecule has 1 N–H and O–H groups in total. The summed E-state index contributed by atoms with van der Waals surface area (Å²) in [5.41, 5.74) is 0. The summed E-state index contributed by atoms with van der Waals surface area (Å²) in [7, 11) is 1.98. The third-order valence-electron chi connectivity index (χ3n) is 4.79. The van der Waals surface area contributed by atoms with Crippen LogP contribution in [0.15, 0.2) is 0 Å². The Morgan fingerprint density at radius 3 is 2.43 bits per heavy atom. The van der Waals surface area contributed by atoms with Crippen molar-refractivity contribution in [1.29, 1.82) is 0 Å². The second-order valence-electron chi connectivity index (χ2n) is 6.24. The van der Waals surface area contributed by atoms with Crippen LogP contribution in [0.4, 0.5) is 0 Å². The Bertz CT molecular complexity index is 365. The average molecular weight is 295 g/mol. The molecule has 2 amide bonds. The van der Waals surface area contributed by atoms with Gasteiger partial charge in [0, 0.05) is 32.1 Å². The van der Waals surface area contributed by atoms with Crippen LogP contribution in [0, 0.1) is 0 Å². The van der Waals surface area contributed by atoms with E-state index in [9.17, 15) is 9.59 Å². The molecule has 2 saturated heterocycles. The van der Waals surface area contributed by atoms with Crippen molar-refractivity contribution in [3.8, 4) is 0 Å². The summed E-state index contributed by atoms with van der Waals surface area (Å²) in [5.74, 6) is 0.328. The van der Waals surface area contributed by atoms with Gasteiger partial charge in [-0.3, -0.25) is 9.59 Å². The first-order chi connectivity index (χ1) is 10.2. The second kappa shape index (κ2) is 7.78. The highest BCUT2D eigenvalue weighted by molar-refractivity contribution is 5.88. The van der Waals surface area contributed by atoms with Gasteiger partial charge in [-0.05, 0) is 45.6 Å². The molecule has 0 spiro atoms. The third kappa shape index (κ3) is 3.96. The summed E-state index contributed by atoms with van der Waals surface area (Å²) < 4.78 is 0. The number of rotatable bonds is 4. The van der Waals surface area contributed by atoms with Gasteiger partial charge < -0.3 is 15.1 Å². The number of hydrogen-bond donors (Lipinski definition) is 1. The molecule has 1 atom stereocenters. The van der Waals surface area contributed by atoms with Crippen LogP contribution in [0.1, 0.15) is 51.9 Å². The third-order valence-corrected chi connectivity index (χ3v) is 4.79. The van der Waals surface area contributed by atoms with Gasteiger partial charge in [0.05, 0.1) is 0 Å². The highest BCUT2D eigenvalue weighted by atomic mass is 16.2. The van der Waals surface area contributed by atoms with Crippen LogP contribution in [-0.4, -0.2) is 60.4 Å². The van der Waals surface area contributed by atoms with Crippen LogP contribution < -0.4 is 5.32 Å². The lowest BCUT2D eigenvalue weighted by atomic mass is 9.98. The zero-order valence-electron chi connectivity index (χ0n) is 13.4. The van der Waals surface area contributed by atoms with E-state index in [0.29, 0.717) is 12.5 Å². The number of carbonyl (C=O) groups excluding carboxylic acids is 2. The minimum atomic E-state index is -0.205. The van der Waals surface area contributed by atoms with Crippen molar-refractivity contribution < 1.29 is 9.59 Å². The fourth-order valence-electron chi connectivity index (χ4n) is 3.44. The molecule has 21 heavy (non-hydrogen) atoms. The first-order valence-electron chi connectivity index (χ1n) is 8.43. The van der Waals surface area contributed by atoms with Crippen molar-refractivity contribution >= 4 is 11.8 Å². The van der Waals surface area contributed by atoms with Crippen LogP contribution in [0.3, 0.4) is 0 Å². The fourth-order valence-corrected chi connectivity index (χ4v) is 3.44. The van der Waals surface area contributed by atoms with Crippen LogP contribution in [-0.2, 0) is 9.59 Å². The minimum absolute atomic E-state index is 0.153. The number of hydrogen-bond acceptors (Lipinski definition) is 3. The largest absolute Gasteiger partial charge is 0.341 e. The summed E-state index contributed by atoms with van der Waals surface area (Å²) in [4.78, 5) is 28.8. The zero-order valence-corrected chi connectivity index (χ0v) is 13.4. The van der Waals surface area contributed by atoms with E-state index in [2.05, 4.69) is 5.32 Å². The Labute approximate surface area is 128 Å². The molecule has 2 rings (SSSR count). The maximum Gasteiger partial charge on any atom is 0.245 e. The van der Waals surface area contributed by atoms with Gasteiger partial charge in [0.2, 0.25) is 11.8 Å². The molecular weight excluding hydrogens is 266 g/mol. The lowest BCUT2D eigenvalue weighted by Gasteiger charge is -2.40. The Balaban J connectivity index is 1.97. The summed E-state index contributed by atoms with van der Waals surface area (Å²) in [6.45, 7) is 4.40. The molecule has 2 aliphatic heterocycles. The van der Waals surface area contributed by atoms with Gasteiger partial charge in [0.25, 0.3) is 0 Å². The standard InChI is InChI=1S/C16H29N3O2/c1-3-6-15(20)19-10-5-4-7-14(19)16(21)18-11-8-13(17-2)9-12-18/h13-14,17H,3-12H2,1-2H3. The minimum Gasteiger partial charge on any atom is -0.341 e. The predicted octanol–water partition coefficient (Wildman–Crippen LogP) is 1.38. The molecule has 0 aromatic rings. The van der Waals surface area contributed by atoms with Gasteiger partial charge in [-0.15, -0.1) is 0 Å². The maximum absolute atomic E-state index is 12.8. The average Bonchev–Trinajstić information content (AvgIpc) is 2.54. The molecule has 1 unspecified atom stereocenters. The first-order valence-corrected chi connectivity index (χ1v) is 8.43. The SMILES string of the molecule is CCCC(=O)N1CCCCC1C(=O)N1CCC(NC)CC1. The highest BCUT2D eigenvalue weighted by Gasteiger charge is 2.35. The van der Waals surface area contributed by atoms with Crippen molar-refractivity contribution in [2.75, 3.05) is 26.7 Å². The van der Waals surface area contributed by atoms with E-state index in [-0.39, 0.29) is 17.9 Å². The Hall–Kier alpha value is -1.10. The molecule has 0 saturated carbocycles. The lowest BCUT2D eigenvalue weighted by Crippen LogP contribution is -2.55.